The number of nitrogen functional groups attached to an aromatic ring is 1. The third kappa shape index (κ3) is 2.05. The maximum Gasteiger partial charge on any atom is 0.167 e. The molecule has 4 heterocycles. The molecule has 2 aromatic heterocycles. The SMILES string of the molecule is Nc1ncnc2c1ncn2[C@@H]1O[C@H](C[NH+]2CC2)C(O)[C@@H]1O. The first-order chi connectivity index (χ1) is 10.1. The predicted octanol–water partition coefficient (Wildman–Crippen LogP) is -3.07. The van der Waals surface area contributed by atoms with Crippen molar-refractivity contribution in [3.63, 3.8) is 0 Å². The van der Waals surface area contributed by atoms with Gasteiger partial charge < -0.3 is 25.6 Å². The Balaban J connectivity index is 1.66. The van der Waals surface area contributed by atoms with E-state index in [9.17, 15) is 10.2 Å². The Bertz CT molecular complexity index is 672. The number of anilines is 1. The summed E-state index contributed by atoms with van der Waals surface area (Å²) in [6.07, 6.45) is -0.209. The van der Waals surface area contributed by atoms with E-state index >= 15 is 0 Å². The fourth-order valence-electron chi connectivity index (χ4n) is 2.76. The van der Waals surface area contributed by atoms with Crippen LogP contribution in [-0.2, 0) is 4.74 Å². The monoisotopic (exact) mass is 293 g/mol. The molecule has 21 heavy (non-hydrogen) atoms. The van der Waals surface area contributed by atoms with Gasteiger partial charge >= 0.3 is 0 Å². The number of nitrogens with two attached hydrogens (primary N) is 1. The van der Waals surface area contributed by atoms with Gasteiger partial charge in [0.15, 0.2) is 17.7 Å². The Morgan fingerprint density at radius 2 is 2.10 bits per heavy atom. The van der Waals surface area contributed by atoms with Gasteiger partial charge in [-0.05, 0) is 0 Å². The fraction of sp³-hybridized carbons (Fsp3) is 0.583. The number of aliphatic hydroxyl groups excluding tert-OH is 2. The molecule has 5 N–H and O–H groups in total. The van der Waals surface area contributed by atoms with Gasteiger partial charge in [0.1, 0.15) is 49.8 Å². The van der Waals surface area contributed by atoms with Crippen molar-refractivity contribution in [1.29, 1.82) is 0 Å². The Morgan fingerprint density at radius 3 is 2.86 bits per heavy atom. The lowest BCUT2D eigenvalue weighted by atomic mass is 10.1. The quantitative estimate of drug-likeness (QED) is 0.443. The zero-order valence-corrected chi connectivity index (χ0v) is 11.3. The summed E-state index contributed by atoms with van der Waals surface area (Å²) in [5.74, 6) is 0.275. The van der Waals surface area contributed by atoms with E-state index < -0.39 is 18.4 Å². The molecule has 2 aromatic rings. The number of fused-ring (bicyclic) bond motifs is 1. The van der Waals surface area contributed by atoms with Crippen LogP contribution < -0.4 is 10.6 Å². The third-order valence-corrected chi connectivity index (χ3v) is 4.09. The van der Waals surface area contributed by atoms with Crippen molar-refractivity contribution >= 4 is 17.0 Å². The van der Waals surface area contributed by atoms with E-state index in [1.807, 2.05) is 0 Å². The van der Waals surface area contributed by atoms with Crippen molar-refractivity contribution in [3.8, 4) is 0 Å². The molecule has 0 bridgehead atoms. The molecule has 0 aliphatic carbocycles. The Morgan fingerprint density at radius 1 is 1.29 bits per heavy atom. The number of rotatable bonds is 3. The number of quaternary nitrogens is 1. The van der Waals surface area contributed by atoms with Crippen molar-refractivity contribution in [2.45, 2.75) is 24.5 Å². The maximum atomic E-state index is 10.3. The second kappa shape index (κ2) is 4.60. The first kappa shape index (κ1) is 12.9. The number of aliphatic hydroxyl groups is 2. The zero-order chi connectivity index (χ0) is 14.6. The summed E-state index contributed by atoms with van der Waals surface area (Å²) < 4.78 is 7.43. The summed E-state index contributed by atoms with van der Waals surface area (Å²) >= 11 is 0. The Hall–Kier alpha value is -1.81. The van der Waals surface area contributed by atoms with Gasteiger partial charge in [-0.25, -0.2) is 15.0 Å². The molecule has 2 aliphatic rings. The van der Waals surface area contributed by atoms with Crippen molar-refractivity contribution in [2.75, 3.05) is 25.4 Å². The van der Waals surface area contributed by atoms with Crippen LogP contribution in [0.4, 0.5) is 5.82 Å². The van der Waals surface area contributed by atoms with Crippen LogP contribution in [0.5, 0.6) is 0 Å². The summed E-state index contributed by atoms with van der Waals surface area (Å²) in [7, 11) is 0. The number of nitrogens with zero attached hydrogens (tertiary/aromatic N) is 4. The van der Waals surface area contributed by atoms with Crippen LogP contribution in [0.1, 0.15) is 6.23 Å². The first-order valence-electron chi connectivity index (χ1n) is 6.93. The van der Waals surface area contributed by atoms with Crippen LogP contribution in [0.25, 0.3) is 11.2 Å². The van der Waals surface area contributed by atoms with Gasteiger partial charge in [0, 0.05) is 0 Å². The Labute approximate surface area is 120 Å². The molecule has 4 rings (SSSR count). The highest BCUT2D eigenvalue weighted by Gasteiger charge is 2.47. The van der Waals surface area contributed by atoms with Crippen LogP contribution in [0.3, 0.4) is 0 Å². The third-order valence-electron chi connectivity index (χ3n) is 4.09. The number of aromatic nitrogens is 4. The lowest BCUT2D eigenvalue weighted by molar-refractivity contribution is -0.764. The van der Waals surface area contributed by atoms with Gasteiger partial charge in [0.2, 0.25) is 0 Å². The van der Waals surface area contributed by atoms with E-state index in [1.165, 1.54) is 17.6 Å². The highest BCUT2D eigenvalue weighted by Crippen LogP contribution is 2.31. The highest BCUT2D eigenvalue weighted by molar-refractivity contribution is 5.81. The minimum atomic E-state index is -1.03. The molecule has 0 radical (unpaired) electrons. The lowest BCUT2D eigenvalue weighted by Gasteiger charge is -2.16. The molecule has 0 amide bonds. The fourth-order valence-corrected chi connectivity index (χ4v) is 2.76. The molecule has 0 saturated carbocycles. The zero-order valence-electron chi connectivity index (χ0n) is 11.3. The molecule has 112 valence electrons. The van der Waals surface area contributed by atoms with Gasteiger partial charge in [0.05, 0.1) is 6.33 Å². The van der Waals surface area contributed by atoms with Crippen LogP contribution >= 0.6 is 0 Å². The van der Waals surface area contributed by atoms with E-state index in [0.29, 0.717) is 17.7 Å². The molecule has 9 heteroatoms. The summed E-state index contributed by atoms with van der Waals surface area (Å²) in [5.41, 5.74) is 6.69. The molecule has 1 unspecified atom stereocenters. The molecule has 9 nitrogen and oxygen atoms in total. The van der Waals surface area contributed by atoms with Crippen molar-refractivity contribution < 1.29 is 19.8 Å². The van der Waals surface area contributed by atoms with Crippen LogP contribution in [0.2, 0.25) is 0 Å². The van der Waals surface area contributed by atoms with Gasteiger partial charge in [-0.1, -0.05) is 0 Å². The molecule has 0 spiro atoms. The number of hydrogen-bond acceptors (Lipinski definition) is 7. The van der Waals surface area contributed by atoms with Crippen LogP contribution in [-0.4, -0.2) is 67.7 Å². The smallest absolute Gasteiger partial charge is 0.167 e. The minimum Gasteiger partial charge on any atom is -0.387 e. The van der Waals surface area contributed by atoms with Gasteiger partial charge in [0.25, 0.3) is 0 Å². The topological polar surface area (TPSA) is 124 Å². The molecule has 4 atom stereocenters. The number of ether oxygens (including phenoxy) is 1. The second-order valence-corrected chi connectivity index (χ2v) is 5.58. The van der Waals surface area contributed by atoms with E-state index in [2.05, 4.69) is 15.0 Å². The van der Waals surface area contributed by atoms with Gasteiger partial charge in [-0.15, -0.1) is 0 Å². The van der Waals surface area contributed by atoms with E-state index in [0.717, 1.165) is 13.1 Å². The van der Waals surface area contributed by atoms with Crippen LogP contribution in [0, 0.1) is 0 Å². The molecular formula is C12H17N6O3+. The number of hydrogen-bond donors (Lipinski definition) is 4. The molecular weight excluding hydrogens is 276 g/mol. The van der Waals surface area contributed by atoms with E-state index in [4.69, 9.17) is 10.5 Å². The molecule has 2 saturated heterocycles. The molecule has 2 fully saturated rings. The number of imidazole rings is 1. The van der Waals surface area contributed by atoms with Gasteiger partial charge in [-0.2, -0.15) is 0 Å². The molecule has 2 aliphatic heterocycles. The second-order valence-electron chi connectivity index (χ2n) is 5.58. The first-order valence-corrected chi connectivity index (χ1v) is 6.93. The van der Waals surface area contributed by atoms with Gasteiger partial charge in [-0.3, -0.25) is 4.57 Å². The highest BCUT2D eigenvalue weighted by atomic mass is 16.6. The number of nitrogens with one attached hydrogen (secondary N) is 1. The summed E-state index contributed by atoms with van der Waals surface area (Å²) in [5, 5.41) is 20.4. The van der Waals surface area contributed by atoms with Crippen LogP contribution in [0.15, 0.2) is 12.7 Å². The lowest BCUT2D eigenvalue weighted by Crippen LogP contribution is -2.94. The average Bonchev–Trinajstić information content (AvgIpc) is 3.12. The largest absolute Gasteiger partial charge is 0.387 e. The van der Waals surface area contributed by atoms with Crippen molar-refractivity contribution in [2.24, 2.45) is 0 Å². The maximum absolute atomic E-state index is 10.3. The van der Waals surface area contributed by atoms with E-state index in [1.54, 1.807) is 4.57 Å². The normalized spacial score (nSPS) is 32.9. The minimum absolute atomic E-state index is 0.275. The van der Waals surface area contributed by atoms with Crippen molar-refractivity contribution in [1.82, 2.24) is 19.5 Å². The summed E-state index contributed by atoms with van der Waals surface area (Å²) in [4.78, 5) is 13.5. The standard InChI is InChI=1S/C12H16N6O3/c13-10-7-11(15-4-14-10)18(5-16-7)12-9(20)8(19)6(21-12)3-17-1-2-17/h4-6,8-9,12,19-20H,1-3H2,(H2,13,14,15)/p+1/t6-,8?,9+,12-/m1/s1. The average molecular weight is 293 g/mol. The summed E-state index contributed by atoms with van der Waals surface area (Å²) in [6.45, 7) is 2.87. The van der Waals surface area contributed by atoms with Crippen molar-refractivity contribution in [3.05, 3.63) is 12.7 Å². The van der Waals surface area contributed by atoms with E-state index in [-0.39, 0.29) is 11.9 Å². The molecule has 0 aromatic carbocycles. The predicted molar refractivity (Wildman–Crippen MR) is 71.2 cm³/mol. The summed E-state index contributed by atoms with van der Waals surface area (Å²) in [6, 6.07) is 0. The Kier molecular flexibility index (Phi) is 2.82.